The molecule has 1 amide bonds. The predicted octanol–water partition coefficient (Wildman–Crippen LogP) is 4.49. The quantitative estimate of drug-likeness (QED) is 0.487. The fourth-order valence-electron chi connectivity index (χ4n) is 3.62. The molecule has 6 nitrogen and oxygen atoms in total. The fraction of sp³-hybridized carbons (Fsp3) is 0.476. The van der Waals surface area contributed by atoms with Crippen LogP contribution in [0.1, 0.15) is 31.2 Å². The van der Waals surface area contributed by atoms with Gasteiger partial charge in [0, 0.05) is 43.2 Å². The van der Waals surface area contributed by atoms with Crippen LogP contribution in [-0.2, 0) is 11.3 Å². The van der Waals surface area contributed by atoms with E-state index in [1.54, 1.807) is 37.1 Å². The molecule has 1 aliphatic rings. The maximum atomic E-state index is 12.3. The number of piperidine rings is 1. The first-order valence-electron chi connectivity index (χ1n) is 9.78. The summed E-state index contributed by atoms with van der Waals surface area (Å²) in [6, 6.07) is 5.27. The minimum Gasteiger partial charge on any atom is -0.495 e. The van der Waals surface area contributed by atoms with Crippen LogP contribution in [0.2, 0.25) is 5.02 Å². The van der Waals surface area contributed by atoms with Crippen molar-refractivity contribution < 1.29 is 9.53 Å². The normalized spacial score (nSPS) is 17.1. The summed E-state index contributed by atoms with van der Waals surface area (Å²) >= 11 is 7.67. The molecule has 0 radical (unpaired) electrons. The molecule has 0 aliphatic carbocycles. The van der Waals surface area contributed by atoms with Crippen molar-refractivity contribution in [2.75, 3.05) is 31.8 Å². The first kappa shape index (κ1) is 21.9. The molecule has 0 bridgehead atoms. The molecule has 0 saturated carbocycles. The molecule has 2 heterocycles. The highest BCUT2D eigenvalue weighted by Crippen LogP contribution is 2.28. The Bertz CT molecular complexity index is 819. The smallest absolute Gasteiger partial charge is 0.224 e. The summed E-state index contributed by atoms with van der Waals surface area (Å²) in [7, 11) is 1.57. The summed E-state index contributed by atoms with van der Waals surface area (Å²) in [6.07, 6.45) is 9.52. The van der Waals surface area contributed by atoms with Crippen molar-refractivity contribution in [2.24, 2.45) is 5.92 Å². The van der Waals surface area contributed by atoms with E-state index in [0.29, 0.717) is 28.8 Å². The van der Waals surface area contributed by atoms with Crippen molar-refractivity contribution in [3.05, 3.63) is 41.2 Å². The van der Waals surface area contributed by atoms with Gasteiger partial charge in [0.25, 0.3) is 0 Å². The number of amides is 1. The number of benzene rings is 1. The SMILES string of the molecule is COc1ccc(NC(=O)CC[C@H]2CCCN(Cc3cnc(SC)nc3)C2)cc1Cl. The number of nitrogens with one attached hydrogen (secondary N) is 1. The maximum absolute atomic E-state index is 12.3. The molecule has 1 atom stereocenters. The lowest BCUT2D eigenvalue weighted by Gasteiger charge is -2.32. The van der Waals surface area contributed by atoms with Crippen molar-refractivity contribution in [3.63, 3.8) is 0 Å². The molecule has 8 heteroatoms. The van der Waals surface area contributed by atoms with Crippen LogP contribution in [0, 0.1) is 5.92 Å². The Morgan fingerprint density at radius 3 is 2.86 bits per heavy atom. The topological polar surface area (TPSA) is 67.3 Å². The third kappa shape index (κ3) is 6.59. The Morgan fingerprint density at radius 1 is 1.38 bits per heavy atom. The second-order valence-electron chi connectivity index (χ2n) is 7.26. The van der Waals surface area contributed by atoms with Crippen LogP contribution in [-0.4, -0.2) is 47.2 Å². The number of ether oxygens (including phenoxy) is 1. The van der Waals surface area contributed by atoms with E-state index in [0.717, 1.165) is 43.2 Å². The van der Waals surface area contributed by atoms with Crippen molar-refractivity contribution in [2.45, 2.75) is 37.4 Å². The first-order chi connectivity index (χ1) is 14.1. The number of rotatable bonds is 8. The monoisotopic (exact) mass is 434 g/mol. The van der Waals surface area contributed by atoms with Crippen LogP contribution < -0.4 is 10.1 Å². The van der Waals surface area contributed by atoms with Crippen molar-refractivity contribution in [1.29, 1.82) is 0 Å². The zero-order valence-electron chi connectivity index (χ0n) is 16.9. The Hall–Kier alpha value is -1.83. The van der Waals surface area contributed by atoms with Gasteiger partial charge in [-0.3, -0.25) is 9.69 Å². The number of anilines is 1. The van der Waals surface area contributed by atoms with Crippen LogP contribution in [0.15, 0.2) is 35.7 Å². The molecule has 1 N–H and O–H groups in total. The van der Waals surface area contributed by atoms with E-state index < -0.39 is 0 Å². The van der Waals surface area contributed by atoms with Gasteiger partial charge in [-0.15, -0.1) is 0 Å². The third-order valence-corrected chi connectivity index (χ3v) is 5.96. The van der Waals surface area contributed by atoms with E-state index in [-0.39, 0.29) is 5.91 Å². The van der Waals surface area contributed by atoms with Crippen LogP contribution in [0.3, 0.4) is 0 Å². The lowest BCUT2D eigenvalue weighted by Crippen LogP contribution is -2.35. The van der Waals surface area contributed by atoms with Crippen molar-refractivity contribution in [3.8, 4) is 5.75 Å². The van der Waals surface area contributed by atoms with Crippen LogP contribution >= 0.6 is 23.4 Å². The van der Waals surface area contributed by atoms with Gasteiger partial charge in [0.2, 0.25) is 5.91 Å². The Morgan fingerprint density at radius 2 is 2.17 bits per heavy atom. The lowest BCUT2D eigenvalue weighted by atomic mass is 9.93. The molecule has 1 aromatic heterocycles. The average molecular weight is 435 g/mol. The van der Waals surface area contributed by atoms with Gasteiger partial charge in [-0.25, -0.2) is 9.97 Å². The number of likely N-dealkylation sites (tertiary alicyclic amines) is 1. The number of nitrogens with zero attached hydrogens (tertiary/aromatic N) is 3. The van der Waals surface area contributed by atoms with E-state index in [9.17, 15) is 4.79 Å². The Balaban J connectivity index is 1.45. The van der Waals surface area contributed by atoms with Gasteiger partial charge >= 0.3 is 0 Å². The third-order valence-electron chi connectivity index (χ3n) is 5.09. The Kier molecular flexibility index (Phi) is 8.15. The number of hydrogen-bond donors (Lipinski definition) is 1. The summed E-state index contributed by atoms with van der Waals surface area (Å²) in [5.41, 5.74) is 1.83. The number of aromatic nitrogens is 2. The second-order valence-corrected chi connectivity index (χ2v) is 8.44. The van der Waals surface area contributed by atoms with E-state index in [2.05, 4.69) is 20.2 Å². The predicted molar refractivity (Wildman–Crippen MR) is 118 cm³/mol. The number of halogens is 1. The maximum Gasteiger partial charge on any atom is 0.224 e. The molecule has 29 heavy (non-hydrogen) atoms. The number of hydrogen-bond acceptors (Lipinski definition) is 6. The van der Waals surface area contributed by atoms with Gasteiger partial charge in [-0.1, -0.05) is 23.4 Å². The number of carbonyl (C=O) groups is 1. The number of methoxy groups -OCH3 is 1. The molecule has 0 spiro atoms. The number of carbonyl (C=O) groups excluding carboxylic acids is 1. The van der Waals surface area contributed by atoms with Gasteiger partial charge in [-0.2, -0.15) is 0 Å². The highest BCUT2D eigenvalue weighted by atomic mass is 35.5. The van der Waals surface area contributed by atoms with Crippen LogP contribution in [0.4, 0.5) is 5.69 Å². The van der Waals surface area contributed by atoms with Gasteiger partial charge in [0.05, 0.1) is 12.1 Å². The second kappa shape index (κ2) is 10.8. The summed E-state index contributed by atoms with van der Waals surface area (Å²) in [5, 5.41) is 4.21. The first-order valence-corrected chi connectivity index (χ1v) is 11.4. The van der Waals surface area contributed by atoms with E-state index >= 15 is 0 Å². The molecule has 156 valence electrons. The molecule has 2 aromatic rings. The Labute approximate surface area is 181 Å². The van der Waals surface area contributed by atoms with E-state index in [4.69, 9.17) is 16.3 Å². The zero-order chi connectivity index (χ0) is 20.6. The molecule has 1 aliphatic heterocycles. The van der Waals surface area contributed by atoms with Crippen molar-refractivity contribution >= 4 is 35.0 Å². The standard InChI is InChI=1S/C21H27ClN4O2S/c1-28-19-7-6-17(10-18(19)22)25-20(27)8-5-15-4-3-9-26(13-15)14-16-11-23-21(29-2)24-12-16/h6-7,10-12,15H,3-5,8-9,13-14H2,1-2H3,(H,25,27)/t15-/m1/s1. The molecule has 0 unspecified atom stereocenters. The highest BCUT2D eigenvalue weighted by Gasteiger charge is 2.21. The molecule has 1 saturated heterocycles. The number of thioether (sulfide) groups is 1. The molecule has 1 fully saturated rings. The lowest BCUT2D eigenvalue weighted by molar-refractivity contribution is -0.116. The summed E-state index contributed by atoms with van der Waals surface area (Å²) in [4.78, 5) is 23.5. The van der Waals surface area contributed by atoms with Crippen LogP contribution in [0.5, 0.6) is 5.75 Å². The molecular formula is C21H27ClN4O2S. The zero-order valence-corrected chi connectivity index (χ0v) is 18.4. The summed E-state index contributed by atoms with van der Waals surface area (Å²) in [5.74, 6) is 1.14. The summed E-state index contributed by atoms with van der Waals surface area (Å²) in [6.45, 7) is 2.95. The van der Waals surface area contributed by atoms with Gasteiger partial charge in [0.1, 0.15) is 5.75 Å². The highest BCUT2D eigenvalue weighted by molar-refractivity contribution is 7.98. The van der Waals surface area contributed by atoms with E-state index in [1.807, 2.05) is 18.6 Å². The van der Waals surface area contributed by atoms with Gasteiger partial charge in [0.15, 0.2) is 5.16 Å². The minimum atomic E-state index is 0.0180. The average Bonchev–Trinajstić information content (AvgIpc) is 2.73. The fourth-order valence-corrected chi connectivity index (χ4v) is 4.20. The summed E-state index contributed by atoms with van der Waals surface area (Å²) < 4.78 is 5.14. The molecule has 3 rings (SSSR count). The largest absolute Gasteiger partial charge is 0.495 e. The van der Waals surface area contributed by atoms with Gasteiger partial charge in [-0.05, 0) is 56.2 Å². The van der Waals surface area contributed by atoms with E-state index in [1.165, 1.54) is 6.42 Å². The van der Waals surface area contributed by atoms with Gasteiger partial charge < -0.3 is 10.1 Å². The van der Waals surface area contributed by atoms with Crippen molar-refractivity contribution in [1.82, 2.24) is 14.9 Å². The minimum absolute atomic E-state index is 0.0180. The molecular weight excluding hydrogens is 408 g/mol. The molecule has 1 aromatic carbocycles. The van der Waals surface area contributed by atoms with Crippen LogP contribution in [0.25, 0.3) is 0 Å².